The summed E-state index contributed by atoms with van der Waals surface area (Å²) >= 11 is 3.50. The van der Waals surface area contributed by atoms with Gasteiger partial charge in [0.05, 0.1) is 11.6 Å². The minimum Gasteiger partial charge on any atom is -0.497 e. The Morgan fingerprint density at radius 1 is 1.06 bits per heavy atom. The van der Waals surface area contributed by atoms with Crippen molar-refractivity contribution in [2.24, 2.45) is 0 Å². The third-order valence-corrected chi connectivity index (χ3v) is 6.06. The van der Waals surface area contributed by atoms with Gasteiger partial charge in [0, 0.05) is 12.6 Å². The van der Waals surface area contributed by atoms with Gasteiger partial charge in [-0.25, -0.2) is 0 Å². The first-order valence-electron chi connectivity index (χ1n) is 10.9. The second-order valence-electron chi connectivity index (χ2n) is 7.77. The molecule has 6 nitrogen and oxygen atoms in total. The van der Waals surface area contributed by atoms with Crippen LogP contribution >= 0.6 is 15.9 Å². The molecule has 0 aliphatic carbocycles. The fraction of sp³-hybridized carbons (Fsp3) is 0.440. The predicted molar refractivity (Wildman–Crippen MR) is 130 cm³/mol. The monoisotopic (exact) mass is 504 g/mol. The van der Waals surface area contributed by atoms with E-state index in [1.807, 2.05) is 56.3 Å². The van der Waals surface area contributed by atoms with Crippen molar-refractivity contribution >= 4 is 27.7 Å². The Balaban J connectivity index is 2.17. The topological polar surface area (TPSA) is 67.9 Å². The van der Waals surface area contributed by atoms with Gasteiger partial charge in [-0.15, -0.1) is 0 Å². The van der Waals surface area contributed by atoms with Crippen LogP contribution in [0.1, 0.15) is 45.2 Å². The van der Waals surface area contributed by atoms with E-state index in [-0.39, 0.29) is 31.0 Å². The Morgan fingerprint density at radius 2 is 1.72 bits per heavy atom. The van der Waals surface area contributed by atoms with Crippen LogP contribution < -0.4 is 14.8 Å². The quantitative estimate of drug-likeness (QED) is 0.480. The third kappa shape index (κ3) is 7.26. The number of methoxy groups -OCH3 is 1. The SMILES string of the molecule is CCc1ccc(OCC(=O)N(Cc2ccc(OC)cc2)[C@H](C)C(=O)N[C@@H](C)CC)c(Br)c1. The second kappa shape index (κ2) is 12.5. The Kier molecular flexibility index (Phi) is 10.0. The van der Waals surface area contributed by atoms with Crippen LogP contribution in [0.2, 0.25) is 0 Å². The van der Waals surface area contributed by atoms with E-state index in [4.69, 9.17) is 9.47 Å². The van der Waals surface area contributed by atoms with Gasteiger partial charge in [-0.1, -0.05) is 32.0 Å². The molecular formula is C25H33BrN2O4. The number of hydrogen-bond acceptors (Lipinski definition) is 4. The normalized spacial score (nSPS) is 12.6. The van der Waals surface area contributed by atoms with Crippen LogP contribution in [0.4, 0.5) is 0 Å². The molecule has 0 heterocycles. The van der Waals surface area contributed by atoms with Gasteiger partial charge in [0.15, 0.2) is 6.61 Å². The van der Waals surface area contributed by atoms with E-state index in [9.17, 15) is 9.59 Å². The molecular weight excluding hydrogens is 472 g/mol. The molecule has 0 unspecified atom stereocenters. The molecule has 0 aliphatic heterocycles. The van der Waals surface area contributed by atoms with Crippen LogP contribution in [-0.2, 0) is 22.6 Å². The van der Waals surface area contributed by atoms with Crippen molar-refractivity contribution in [1.82, 2.24) is 10.2 Å². The summed E-state index contributed by atoms with van der Waals surface area (Å²) in [4.78, 5) is 27.5. The van der Waals surface area contributed by atoms with Crippen molar-refractivity contribution in [1.29, 1.82) is 0 Å². The molecule has 0 spiro atoms. The lowest BCUT2D eigenvalue weighted by Crippen LogP contribution is -2.50. The summed E-state index contributed by atoms with van der Waals surface area (Å²) in [5.74, 6) is 0.878. The maximum absolute atomic E-state index is 13.2. The Hall–Kier alpha value is -2.54. The van der Waals surface area contributed by atoms with Crippen LogP contribution in [0.5, 0.6) is 11.5 Å². The smallest absolute Gasteiger partial charge is 0.261 e. The fourth-order valence-electron chi connectivity index (χ4n) is 3.08. The van der Waals surface area contributed by atoms with Crippen LogP contribution in [0, 0.1) is 0 Å². The number of halogens is 1. The molecule has 2 aromatic rings. The van der Waals surface area contributed by atoms with Gasteiger partial charge < -0.3 is 19.7 Å². The Bertz CT molecular complexity index is 901. The number of carbonyl (C=O) groups is 2. The molecule has 0 radical (unpaired) electrons. The highest BCUT2D eigenvalue weighted by molar-refractivity contribution is 9.10. The standard InChI is InChI=1S/C25H33BrN2O4/c1-6-17(3)27-25(30)18(4)28(15-20-8-11-21(31-5)12-9-20)24(29)16-32-23-13-10-19(7-2)14-22(23)26/h8-14,17-18H,6-7,15-16H2,1-5H3,(H,27,30)/t17-,18+/m0/s1. The van der Waals surface area contributed by atoms with Crippen molar-refractivity contribution in [3.8, 4) is 11.5 Å². The van der Waals surface area contributed by atoms with Crippen LogP contribution in [-0.4, -0.2) is 42.5 Å². The molecule has 2 aromatic carbocycles. The van der Waals surface area contributed by atoms with Gasteiger partial charge in [-0.3, -0.25) is 9.59 Å². The van der Waals surface area contributed by atoms with Crippen molar-refractivity contribution in [3.05, 3.63) is 58.1 Å². The molecule has 1 N–H and O–H groups in total. The maximum Gasteiger partial charge on any atom is 0.261 e. The van der Waals surface area contributed by atoms with E-state index in [2.05, 4.69) is 28.2 Å². The molecule has 0 aliphatic rings. The van der Waals surface area contributed by atoms with Gasteiger partial charge >= 0.3 is 0 Å². The number of hydrogen-bond donors (Lipinski definition) is 1. The molecule has 2 amide bonds. The number of benzene rings is 2. The Labute approximate surface area is 199 Å². The zero-order chi connectivity index (χ0) is 23.7. The third-order valence-electron chi connectivity index (χ3n) is 5.44. The largest absolute Gasteiger partial charge is 0.497 e. The zero-order valence-corrected chi connectivity index (χ0v) is 21.1. The van der Waals surface area contributed by atoms with Crippen molar-refractivity contribution < 1.29 is 19.1 Å². The highest BCUT2D eigenvalue weighted by atomic mass is 79.9. The molecule has 0 saturated carbocycles. The van der Waals surface area contributed by atoms with E-state index in [0.29, 0.717) is 5.75 Å². The average molecular weight is 505 g/mol. The van der Waals surface area contributed by atoms with Crippen molar-refractivity contribution in [3.63, 3.8) is 0 Å². The molecule has 0 aromatic heterocycles. The molecule has 0 bridgehead atoms. The number of aryl methyl sites for hydroxylation is 1. The van der Waals surface area contributed by atoms with Gasteiger partial charge in [-0.05, 0) is 78.0 Å². The van der Waals surface area contributed by atoms with Gasteiger partial charge in [-0.2, -0.15) is 0 Å². The first kappa shape index (κ1) is 25.7. The summed E-state index contributed by atoms with van der Waals surface area (Å²) in [5, 5.41) is 2.96. The molecule has 0 saturated heterocycles. The Morgan fingerprint density at radius 3 is 2.28 bits per heavy atom. The number of ether oxygens (including phenoxy) is 2. The van der Waals surface area contributed by atoms with E-state index in [1.165, 1.54) is 5.56 Å². The van der Waals surface area contributed by atoms with E-state index in [1.54, 1.807) is 18.9 Å². The molecule has 2 atom stereocenters. The lowest BCUT2D eigenvalue weighted by atomic mass is 10.1. The number of nitrogens with zero attached hydrogens (tertiary/aromatic N) is 1. The second-order valence-corrected chi connectivity index (χ2v) is 8.62. The summed E-state index contributed by atoms with van der Waals surface area (Å²) in [6, 6.07) is 12.6. The van der Waals surface area contributed by atoms with Crippen LogP contribution in [0.15, 0.2) is 46.9 Å². The van der Waals surface area contributed by atoms with Crippen LogP contribution in [0.3, 0.4) is 0 Å². The summed E-state index contributed by atoms with van der Waals surface area (Å²) in [5.41, 5.74) is 2.07. The van der Waals surface area contributed by atoms with Gasteiger partial charge in [0.25, 0.3) is 5.91 Å². The summed E-state index contributed by atoms with van der Waals surface area (Å²) in [6.07, 6.45) is 1.73. The number of nitrogens with one attached hydrogen (secondary N) is 1. The van der Waals surface area contributed by atoms with Gasteiger partial charge in [0.2, 0.25) is 5.91 Å². The minimum absolute atomic E-state index is 0.0344. The zero-order valence-electron chi connectivity index (χ0n) is 19.5. The van der Waals surface area contributed by atoms with E-state index >= 15 is 0 Å². The van der Waals surface area contributed by atoms with Crippen molar-refractivity contribution in [2.45, 2.75) is 59.2 Å². The molecule has 7 heteroatoms. The molecule has 2 rings (SSSR count). The molecule has 0 fully saturated rings. The lowest BCUT2D eigenvalue weighted by Gasteiger charge is -2.29. The van der Waals surface area contributed by atoms with Crippen LogP contribution in [0.25, 0.3) is 0 Å². The first-order chi connectivity index (χ1) is 15.3. The van der Waals surface area contributed by atoms with E-state index in [0.717, 1.165) is 28.6 Å². The summed E-state index contributed by atoms with van der Waals surface area (Å²) in [7, 11) is 1.61. The van der Waals surface area contributed by atoms with E-state index < -0.39 is 6.04 Å². The number of rotatable bonds is 11. The summed E-state index contributed by atoms with van der Waals surface area (Å²) in [6.45, 7) is 7.89. The minimum atomic E-state index is -0.645. The lowest BCUT2D eigenvalue weighted by molar-refractivity contribution is -0.142. The number of amides is 2. The van der Waals surface area contributed by atoms with Gasteiger partial charge in [0.1, 0.15) is 17.5 Å². The average Bonchev–Trinajstić information content (AvgIpc) is 2.81. The number of carbonyl (C=O) groups excluding carboxylic acids is 2. The first-order valence-corrected chi connectivity index (χ1v) is 11.7. The maximum atomic E-state index is 13.2. The molecule has 174 valence electrons. The van der Waals surface area contributed by atoms with Crippen molar-refractivity contribution in [2.75, 3.05) is 13.7 Å². The molecule has 32 heavy (non-hydrogen) atoms. The summed E-state index contributed by atoms with van der Waals surface area (Å²) < 4.78 is 11.8. The highest BCUT2D eigenvalue weighted by Gasteiger charge is 2.27. The predicted octanol–water partition coefficient (Wildman–Crippen LogP) is 4.73. The highest BCUT2D eigenvalue weighted by Crippen LogP contribution is 2.26. The fourth-order valence-corrected chi connectivity index (χ4v) is 3.62.